The number of rotatable bonds is 0. The SMILES string of the molecule is C/C1=C/C(N)=NCCCC1C. The highest BCUT2D eigenvalue weighted by Gasteiger charge is 2.06. The van der Waals surface area contributed by atoms with Gasteiger partial charge in [0.05, 0.1) is 0 Å². The Morgan fingerprint density at radius 2 is 2.36 bits per heavy atom. The Labute approximate surface area is 68.2 Å². The largest absolute Gasteiger partial charge is 0.384 e. The number of hydrogen-bond acceptors (Lipinski definition) is 2. The smallest absolute Gasteiger partial charge is 0.118 e. The summed E-state index contributed by atoms with van der Waals surface area (Å²) in [6.45, 7) is 5.25. The summed E-state index contributed by atoms with van der Waals surface area (Å²) in [6.07, 6.45) is 4.38. The maximum absolute atomic E-state index is 5.63. The predicted molar refractivity (Wildman–Crippen MR) is 48.6 cm³/mol. The highest BCUT2D eigenvalue weighted by Crippen LogP contribution is 2.17. The van der Waals surface area contributed by atoms with Gasteiger partial charge in [0.25, 0.3) is 0 Å². The molecule has 0 aliphatic carbocycles. The van der Waals surface area contributed by atoms with Gasteiger partial charge in [0.2, 0.25) is 0 Å². The van der Waals surface area contributed by atoms with Crippen LogP contribution in [0.15, 0.2) is 16.6 Å². The van der Waals surface area contributed by atoms with Crippen LogP contribution in [-0.4, -0.2) is 12.4 Å². The molecule has 1 atom stereocenters. The van der Waals surface area contributed by atoms with Gasteiger partial charge in [-0.3, -0.25) is 4.99 Å². The van der Waals surface area contributed by atoms with E-state index in [-0.39, 0.29) is 0 Å². The summed E-state index contributed by atoms with van der Waals surface area (Å²) in [6, 6.07) is 0. The second-order valence-corrected chi connectivity index (χ2v) is 3.24. The maximum atomic E-state index is 5.63. The number of aliphatic imine (C=N–C) groups is 1. The highest BCUT2D eigenvalue weighted by atomic mass is 14.8. The second-order valence-electron chi connectivity index (χ2n) is 3.24. The fourth-order valence-corrected chi connectivity index (χ4v) is 1.25. The quantitative estimate of drug-likeness (QED) is 0.564. The van der Waals surface area contributed by atoms with Crippen LogP contribution in [0.3, 0.4) is 0 Å². The topological polar surface area (TPSA) is 38.4 Å². The molecule has 2 nitrogen and oxygen atoms in total. The Morgan fingerprint density at radius 1 is 1.64 bits per heavy atom. The first kappa shape index (κ1) is 8.31. The van der Waals surface area contributed by atoms with Gasteiger partial charge in [-0.15, -0.1) is 0 Å². The molecule has 1 aliphatic heterocycles. The zero-order valence-electron chi connectivity index (χ0n) is 7.30. The van der Waals surface area contributed by atoms with Gasteiger partial charge >= 0.3 is 0 Å². The lowest BCUT2D eigenvalue weighted by molar-refractivity contribution is 0.582. The number of nitrogens with two attached hydrogens (primary N) is 1. The molecule has 1 unspecified atom stereocenters. The molecule has 1 aliphatic rings. The fraction of sp³-hybridized carbons (Fsp3) is 0.667. The van der Waals surface area contributed by atoms with Crippen molar-refractivity contribution in [3.05, 3.63) is 11.6 Å². The molecule has 0 saturated heterocycles. The van der Waals surface area contributed by atoms with Crippen molar-refractivity contribution < 1.29 is 0 Å². The first-order valence-electron chi connectivity index (χ1n) is 4.18. The van der Waals surface area contributed by atoms with Crippen LogP contribution in [0.4, 0.5) is 0 Å². The average molecular weight is 152 g/mol. The summed E-state index contributed by atoms with van der Waals surface area (Å²) in [5, 5.41) is 0. The van der Waals surface area contributed by atoms with Crippen LogP contribution in [0, 0.1) is 5.92 Å². The zero-order chi connectivity index (χ0) is 8.27. The molecule has 0 aromatic rings. The van der Waals surface area contributed by atoms with Crippen molar-refractivity contribution in [1.82, 2.24) is 0 Å². The minimum absolute atomic E-state index is 0.670. The molecule has 0 amide bonds. The molecule has 0 aromatic heterocycles. The predicted octanol–water partition coefficient (Wildman–Crippen LogP) is 1.72. The van der Waals surface area contributed by atoms with E-state index in [1.165, 1.54) is 12.0 Å². The Bertz CT molecular complexity index is 192. The van der Waals surface area contributed by atoms with Gasteiger partial charge in [-0.2, -0.15) is 0 Å². The van der Waals surface area contributed by atoms with Gasteiger partial charge in [0.15, 0.2) is 0 Å². The monoisotopic (exact) mass is 152 g/mol. The molecule has 11 heavy (non-hydrogen) atoms. The van der Waals surface area contributed by atoms with Crippen molar-refractivity contribution in [3.8, 4) is 0 Å². The lowest BCUT2D eigenvalue weighted by Gasteiger charge is -2.13. The fourth-order valence-electron chi connectivity index (χ4n) is 1.25. The Hall–Kier alpha value is -0.790. The van der Waals surface area contributed by atoms with Gasteiger partial charge in [-0.25, -0.2) is 0 Å². The molecule has 2 heteroatoms. The molecule has 1 heterocycles. The number of allylic oxidation sites excluding steroid dienone is 1. The third-order valence-corrected chi connectivity index (χ3v) is 2.24. The van der Waals surface area contributed by atoms with Crippen molar-refractivity contribution in [2.24, 2.45) is 16.6 Å². The van der Waals surface area contributed by atoms with Crippen molar-refractivity contribution >= 4 is 5.84 Å². The molecule has 2 N–H and O–H groups in total. The van der Waals surface area contributed by atoms with E-state index < -0.39 is 0 Å². The molecule has 0 bridgehead atoms. The summed E-state index contributed by atoms with van der Waals surface area (Å²) < 4.78 is 0. The van der Waals surface area contributed by atoms with E-state index >= 15 is 0 Å². The molecular formula is C9H16N2. The minimum atomic E-state index is 0.670. The van der Waals surface area contributed by atoms with Crippen LogP contribution >= 0.6 is 0 Å². The van der Waals surface area contributed by atoms with Crippen LogP contribution in [0.5, 0.6) is 0 Å². The van der Waals surface area contributed by atoms with Gasteiger partial charge in [0.1, 0.15) is 5.84 Å². The van der Waals surface area contributed by atoms with Crippen molar-refractivity contribution in [2.75, 3.05) is 6.54 Å². The highest BCUT2D eigenvalue weighted by molar-refractivity contribution is 5.92. The lowest BCUT2D eigenvalue weighted by atomic mass is 9.96. The maximum Gasteiger partial charge on any atom is 0.118 e. The average Bonchev–Trinajstić information content (AvgIpc) is 1.95. The molecule has 0 saturated carbocycles. The molecular weight excluding hydrogens is 136 g/mol. The molecule has 62 valence electrons. The normalized spacial score (nSPS) is 31.3. The first-order valence-corrected chi connectivity index (χ1v) is 4.18. The summed E-state index contributed by atoms with van der Waals surface area (Å²) in [5.41, 5.74) is 6.98. The number of amidine groups is 1. The van der Waals surface area contributed by atoms with Crippen LogP contribution in [-0.2, 0) is 0 Å². The Morgan fingerprint density at radius 3 is 3.09 bits per heavy atom. The Balaban J connectivity index is 2.74. The van der Waals surface area contributed by atoms with Crippen molar-refractivity contribution in [1.29, 1.82) is 0 Å². The first-order chi connectivity index (χ1) is 5.20. The van der Waals surface area contributed by atoms with Gasteiger partial charge in [-0.1, -0.05) is 12.5 Å². The van der Waals surface area contributed by atoms with Crippen molar-refractivity contribution in [3.63, 3.8) is 0 Å². The van der Waals surface area contributed by atoms with Crippen LogP contribution in [0.2, 0.25) is 0 Å². The van der Waals surface area contributed by atoms with E-state index in [0.29, 0.717) is 11.8 Å². The molecule has 0 radical (unpaired) electrons. The lowest BCUT2D eigenvalue weighted by Crippen LogP contribution is -2.13. The van der Waals surface area contributed by atoms with Crippen LogP contribution in [0.25, 0.3) is 0 Å². The van der Waals surface area contributed by atoms with Crippen LogP contribution in [0.1, 0.15) is 26.7 Å². The van der Waals surface area contributed by atoms with E-state index in [1.807, 2.05) is 6.08 Å². The molecule has 0 fully saturated rings. The third-order valence-electron chi connectivity index (χ3n) is 2.24. The second kappa shape index (κ2) is 3.56. The van der Waals surface area contributed by atoms with E-state index in [9.17, 15) is 0 Å². The van der Waals surface area contributed by atoms with Gasteiger partial charge < -0.3 is 5.73 Å². The summed E-state index contributed by atoms with van der Waals surface area (Å²) >= 11 is 0. The summed E-state index contributed by atoms with van der Waals surface area (Å²) in [7, 11) is 0. The van der Waals surface area contributed by atoms with E-state index in [4.69, 9.17) is 5.73 Å². The molecule has 1 rings (SSSR count). The molecule has 0 aromatic carbocycles. The van der Waals surface area contributed by atoms with E-state index in [0.717, 1.165) is 13.0 Å². The van der Waals surface area contributed by atoms with Crippen molar-refractivity contribution in [2.45, 2.75) is 26.7 Å². The number of hydrogen-bond donors (Lipinski definition) is 1. The standard InChI is InChI=1S/C9H16N2/c1-7-4-3-5-11-9(10)6-8(7)2/h6-7H,3-5H2,1-2H3,(H2,10,11)/b8-6-. The Kier molecular flexibility index (Phi) is 2.69. The molecule has 0 spiro atoms. The van der Waals surface area contributed by atoms with Gasteiger partial charge in [-0.05, 0) is 31.8 Å². The minimum Gasteiger partial charge on any atom is -0.384 e. The summed E-state index contributed by atoms with van der Waals surface area (Å²) in [4.78, 5) is 4.19. The number of nitrogens with zero attached hydrogens (tertiary/aromatic N) is 1. The zero-order valence-corrected chi connectivity index (χ0v) is 7.30. The van der Waals surface area contributed by atoms with E-state index in [1.54, 1.807) is 0 Å². The third kappa shape index (κ3) is 2.37. The van der Waals surface area contributed by atoms with E-state index in [2.05, 4.69) is 18.8 Å². The van der Waals surface area contributed by atoms with Crippen LogP contribution < -0.4 is 5.73 Å². The summed E-state index contributed by atoms with van der Waals surface area (Å²) in [5.74, 6) is 1.36. The van der Waals surface area contributed by atoms with Gasteiger partial charge in [0, 0.05) is 6.54 Å².